The number of halogens is 1. The molecular weight excluding hydrogens is 347 g/mol. The second-order valence-electron chi connectivity index (χ2n) is 6.30. The van der Waals surface area contributed by atoms with E-state index in [1.54, 1.807) is 20.1 Å². The lowest BCUT2D eigenvalue weighted by Crippen LogP contribution is -2.30. The molecule has 26 heavy (non-hydrogen) atoms. The molecule has 134 valence electrons. The van der Waals surface area contributed by atoms with Gasteiger partial charge in [-0.25, -0.2) is 4.39 Å². The minimum atomic E-state index is -0.245. The summed E-state index contributed by atoms with van der Waals surface area (Å²) in [6, 6.07) is 17.3. The van der Waals surface area contributed by atoms with E-state index in [2.05, 4.69) is 23.5 Å². The van der Waals surface area contributed by atoms with Crippen LogP contribution < -0.4 is 10.1 Å². The number of methoxy groups -OCH3 is 1. The molecule has 0 bridgehead atoms. The Bertz CT molecular complexity index is 958. The summed E-state index contributed by atoms with van der Waals surface area (Å²) < 4.78 is 18.9. The number of rotatable bonds is 4. The fourth-order valence-electron chi connectivity index (χ4n) is 2.73. The number of anilines is 1. The van der Waals surface area contributed by atoms with Crippen LogP contribution in [0.4, 0.5) is 10.1 Å². The summed E-state index contributed by atoms with van der Waals surface area (Å²) in [4.78, 5) is 1.93. The smallest absolute Gasteiger partial charge is 0.173 e. The van der Waals surface area contributed by atoms with E-state index in [4.69, 9.17) is 17.0 Å². The van der Waals surface area contributed by atoms with Gasteiger partial charge < -0.3 is 15.0 Å². The first-order valence-corrected chi connectivity index (χ1v) is 8.72. The predicted octanol–water partition coefficient (Wildman–Crippen LogP) is 5.12. The Labute approximate surface area is 158 Å². The largest absolute Gasteiger partial charge is 0.497 e. The summed E-state index contributed by atoms with van der Waals surface area (Å²) in [5.74, 6) is 0.600. The van der Waals surface area contributed by atoms with E-state index in [0.717, 1.165) is 22.1 Å². The van der Waals surface area contributed by atoms with Crippen LogP contribution >= 0.6 is 12.2 Å². The maximum Gasteiger partial charge on any atom is 0.173 e. The van der Waals surface area contributed by atoms with E-state index in [9.17, 15) is 4.39 Å². The number of thiocarbonyl (C=S) groups is 1. The number of nitrogens with one attached hydrogen (secondary N) is 1. The molecule has 0 aliphatic rings. The van der Waals surface area contributed by atoms with Crippen molar-refractivity contribution in [2.45, 2.75) is 13.5 Å². The van der Waals surface area contributed by atoms with E-state index < -0.39 is 0 Å². The number of benzene rings is 3. The van der Waals surface area contributed by atoms with Gasteiger partial charge in [0, 0.05) is 19.3 Å². The molecule has 0 radical (unpaired) electrons. The molecule has 0 aliphatic heterocycles. The molecular formula is C21H21FN2OS. The van der Waals surface area contributed by atoms with E-state index >= 15 is 0 Å². The molecule has 0 heterocycles. The van der Waals surface area contributed by atoms with Crippen LogP contribution in [0.15, 0.2) is 54.6 Å². The molecule has 3 aromatic rings. The minimum Gasteiger partial charge on any atom is -0.497 e. The Morgan fingerprint density at radius 3 is 2.54 bits per heavy atom. The lowest BCUT2D eigenvalue weighted by Gasteiger charge is -2.21. The van der Waals surface area contributed by atoms with Crippen molar-refractivity contribution in [2.24, 2.45) is 0 Å². The normalized spacial score (nSPS) is 10.6. The molecule has 1 N–H and O–H groups in total. The SMILES string of the molecule is COc1ccc2cc(CN(C)C(=S)Nc3ccc(C)c(F)c3)ccc2c1. The summed E-state index contributed by atoms with van der Waals surface area (Å²) in [6.07, 6.45) is 0. The van der Waals surface area contributed by atoms with Gasteiger partial charge in [-0.2, -0.15) is 0 Å². The second kappa shape index (κ2) is 7.70. The zero-order chi connectivity index (χ0) is 18.7. The van der Waals surface area contributed by atoms with Gasteiger partial charge in [-0.05, 0) is 71.4 Å². The minimum absolute atomic E-state index is 0.245. The summed E-state index contributed by atoms with van der Waals surface area (Å²) in [5.41, 5.74) is 2.41. The van der Waals surface area contributed by atoms with Gasteiger partial charge in [0.25, 0.3) is 0 Å². The summed E-state index contributed by atoms with van der Waals surface area (Å²) in [6.45, 7) is 2.39. The monoisotopic (exact) mass is 368 g/mol. The van der Waals surface area contributed by atoms with Crippen molar-refractivity contribution in [3.8, 4) is 5.75 Å². The van der Waals surface area contributed by atoms with Crippen LogP contribution in [0.3, 0.4) is 0 Å². The summed E-state index contributed by atoms with van der Waals surface area (Å²) in [7, 11) is 3.58. The highest BCUT2D eigenvalue weighted by Crippen LogP contribution is 2.22. The van der Waals surface area contributed by atoms with Crippen LogP contribution in [0.2, 0.25) is 0 Å². The first-order chi connectivity index (χ1) is 12.5. The average molecular weight is 368 g/mol. The number of ether oxygens (including phenoxy) is 1. The second-order valence-corrected chi connectivity index (χ2v) is 6.68. The van der Waals surface area contributed by atoms with Crippen LogP contribution in [-0.4, -0.2) is 24.2 Å². The number of fused-ring (bicyclic) bond motifs is 1. The molecule has 0 aromatic heterocycles. The van der Waals surface area contributed by atoms with Crippen LogP contribution in [0.1, 0.15) is 11.1 Å². The molecule has 0 amide bonds. The van der Waals surface area contributed by atoms with Gasteiger partial charge in [-0.1, -0.05) is 24.3 Å². The molecule has 0 fully saturated rings. The first kappa shape index (κ1) is 18.1. The molecule has 3 nitrogen and oxygen atoms in total. The molecule has 3 rings (SSSR count). The molecule has 0 aliphatic carbocycles. The van der Waals surface area contributed by atoms with Gasteiger partial charge >= 0.3 is 0 Å². The van der Waals surface area contributed by atoms with Gasteiger partial charge in [0.05, 0.1) is 7.11 Å². The molecule has 0 atom stereocenters. The van der Waals surface area contributed by atoms with Gasteiger partial charge in [-0.3, -0.25) is 0 Å². The summed E-state index contributed by atoms with van der Waals surface area (Å²) >= 11 is 5.44. The van der Waals surface area contributed by atoms with Gasteiger partial charge in [-0.15, -0.1) is 0 Å². The highest BCUT2D eigenvalue weighted by molar-refractivity contribution is 7.80. The predicted molar refractivity (Wildman–Crippen MR) is 109 cm³/mol. The number of hydrogen-bond acceptors (Lipinski definition) is 2. The van der Waals surface area contributed by atoms with E-state index in [1.807, 2.05) is 36.2 Å². The highest BCUT2D eigenvalue weighted by atomic mass is 32.1. The third-order valence-electron chi connectivity index (χ3n) is 4.30. The number of hydrogen-bond donors (Lipinski definition) is 1. The average Bonchev–Trinajstić information content (AvgIpc) is 2.64. The van der Waals surface area contributed by atoms with E-state index in [-0.39, 0.29) is 5.82 Å². The first-order valence-electron chi connectivity index (χ1n) is 8.31. The van der Waals surface area contributed by atoms with Crippen LogP contribution in [0, 0.1) is 12.7 Å². The van der Waals surface area contributed by atoms with Crippen LogP contribution in [-0.2, 0) is 6.54 Å². The quantitative estimate of drug-likeness (QED) is 0.646. The van der Waals surface area contributed by atoms with Crippen molar-refractivity contribution in [3.05, 3.63) is 71.5 Å². The van der Waals surface area contributed by atoms with E-state index in [0.29, 0.717) is 22.9 Å². The number of aryl methyl sites for hydroxylation is 1. The fourth-order valence-corrected chi connectivity index (χ4v) is 2.92. The fraction of sp³-hybridized carbons (Fsp3) is 0.190. The van der Waals surface area contributed by atoms with Crippen molar-refractivity contribution in [3.63, 3.8) is 0 Å². The zero-order valence-corrected chi connectivity index (χ0v) is 15.9. The van der Waals surface area contributed by atoms with Crippen molar-refractivity contribution in [2.75, 3.05) is 19.5 Å². The van der Waals surface area contributed by atoms with Gasteiger partial charge in [0.15, 0.2) is 5.11 Å². The Morgan fingerprint density at radius 1 is 1.08 bits per heavy atom. The van der Waals surface area contributed by atoms with E-state index in [1.165, 1.54) is 6.07 Å². The Morgan fingerprint density at radius 2 is 1.81 bits per heavy atom. The Hall–Kier alpha value is -2.66. The molecule has 0 saturated heterocycles. The standard InChI is InChI=1S/C21H21FN2OS/c1-14-4-8-18(12-20(14)22)23-21(26)24(2)13-15-5-6-17-11-19(25-3)9-7-16(17)10-15/h4-12H,13H2,1-3H3,(H,23,26). The number of nitrogens with zero attached hydrogens (tertiary/aromatic N) is 1. The lowest BCUT2D eigenvalue weighted by atomic mass is 10.1. The van der Waals surface area contributed by atoms with Crippen molar-refractivity contribution < 1.29 is 9.13 Å². The van der Waals surface area contributed by atoms with Crippen LogP contribution in [0.5, 0.6) is 5.75 Å². The third kappa shape index (κ3) is 4.11. The van der Waals surface area contributed by atoms with Crippen molar-refractivity contribution in [1.82, 2.24) is 4.90 Å². The molecule has 3 aromatic carbocycles. The molecule has 0 unspecified atom stereocenters. The maximum absolute atomic E-state index is 13.7. The third-order valence-corrected chi connectivity index (χ3v) is 4.72. The topological polar surface area (TPSA) is 24.5 Å². The molecule has 0 saturated carbocycles. The maximum atomic E-state index is 13.7. The van der Waals surface area contributed by atoms with Gasteiger partial charge in [0.1, 0.15) is 11.6 Å². The van der Waals surface area contributed by atoms with Crippen LogP contribution in [0.25, 0.3) is 10.8 Å². The molecule has 0 spiro atoms. The zero-order valence-electron chi connectivity index (χ0n) is 15.0. The Balaban J connectivity index is 1.70. The van der Waals surface area contributed by atoms with Gasteiger partial charge in [0.2, 0.25) is 0 Å². The highest BCUT2D eigenvalue weighted by Gasteiger charge is 2.08. The Kier molecular flexibility index (Phi) is 5.38. The molecule has 5 heteroatoms. The summed E-state index contributed by atoms with van der Waals surface area (Å²) in [5, 5.41) is 5.91. The lowest BCUT2D eigenvalue weighted by molar-refractivity contribution is 0.415. The van der Waals surface area contributed by atoms with Crippen molar-refractivity contribution in [1.29, 1.82) is 0 Å². The van der Waals surface area contributed by atoms with Crippen molar-refractivity contribution >= 4 is 33.8 Å².